The SMILES string of the molecule is CCN(CC)C(=O)Oc1cc(C)ccc1C. The van der Waals surface area contributed by atoms with Crippen LogP contribution in [0.25, 0.3) is 0 Å². The number of amides is 1. The number of ether oxygens (including phenoxy) is 1. The zero-order valence-corrected chi connectivity index (χ0v) is 10.4. The second-order valence-corrected chi connectivity index (χ2v) is 3.81. The van der Waals surface area contributed by atoms with E-state index in [1.807, 2.05) is 45.9 Å². The van der Waals surface area contributed by atoms with E-state index < -0.39 is 0 Å². The van der Waals surface area contributed by atoms with Crippen molar-refractivity contribution in [2.24, 2.45) is 0 Å². The summed E-state index contributed by atoms with van der Waals surface area (Å²) in [5.41, 5.74) is 2.07. The lowest BCUT2D eigenvalue weighted by Crippen LogP contribution is -2.33. The molecule has 16 heavy (non-hydrogen) atoms. The first kappa shape index (κ1) is 12.6. The van der Waals surface area contributed by atoms with E-state index in [2.05, 4.69) is 0 Å². The molecule has 0 aliphatic rings. The van der Waals surface area contributed by atoms with E-state index in [0.29, 0.717) is 18.8 Å². The number of rotatable bonds is 3. The Labute approximate surface area is 97.0 Å². The maximum atomic E-state index is 11.7. The summed E-state index contributed by atoms with van der Waals surface area (Å²) >= 11 is 0. The van der Waals surface area contributed by atoms with Crippen LogP contribution in [0.1, 0.15) is 25.0 Å². The molecule has 0 saturated carbocycles. The van der Waals surface area contributed by atoms with E-state index in [-0.39, 0.29) is 6.09 Å². The van der Waals surface area contributed by atoms with Crippen LogP contribution in [0.15, 0.2) is 18.2 Å². The van der Waals surface area contributed by atoms with E-state index in [4.69, 9.17) is 4.74 Å². The Hall–Kier alpha value is -1.51. The van der Waals surface area contributed by atoms with Gasteiger partial charge in [0, 0.05) is 13.1 Å². The maximum Gasteiger partial charge on any atom is 0.415 e. The number of aryl methyl sites for hydroxylation is 2. The van der Waals surface area contributed by atoms with Crippen LogP contribution in [0.3, 0.4) is 0 Å². The molecule has 1 aromatic rings. The first-order chi connectivity index (χ1) is 7.58. The molecule has 0 saturated heterocycles. The highest BCUT2D eigenvalue weighted by molar-refractivity contribution is 5.71. The van der Waals surface area contributed by atoms with Crippen LogP contribution in [0, 0.1) is 13.8 Å². The summed E-state index contributed by atoms with van der Waals surface area (Å²) in [6.07, 6.45) is -0.279. The summed E-state index contributed by atoms with van der Waals surface area (Å²) in [6, 6.07) is 5.85. The molecule has 1 amide bonds. The highest BCUT2D eigenvalue weighted by atomic mass is 16.6. The third kappa shape index (κ3) is 2.99. The first-order valence-electron chi connectivity index (χ1n) is 5.62. The minimum atomic E-state index is -0.279. The van der Waals surface area contributed by atoms with Crippen LogP contribution >= 0.6 is 0 Å². The Kier molecular flexibility index (Phi) is 4.35. The Balaban J connectivity index is 2.80. The fourth-order valence-corrected chi connectivity index (χ4v) is 1.46. The predicted molar refractivity (Wildman–Crippen MR) is 64.9 cm³/mol. The van der Waals surface area contributed by atoms with Gasteiger partial charge in [0.15, 0.2) is 0 Å². The smallest absolute Gasteiger partial charge is 0.410 e. The van der Waals surface area contributed by atoms with Gasteiger partial charge in [-0.05, 0) is 44.9 Å². The minimum absolute atomic E-state index is 0.279. The summed E-state index contributed by atoms with van der Waals surface area (Å²) in [4.78, 5) is 13.4. The highest BCUT2D eigenvalue weighted by Gasteiger charge is 2.13. The molecule has 0 aliphatic heterocycles. The van der Waals surface area contributed by atoms with Crippen molar-refractivity contribution in [3.8, 4) is 5.75 Å². The summed E-state index contributed by atoms with van der Waals surface area (Å²) in [6.45, 7) is 9.13. The molecule has 0 heterocycles. The maximum absolute atomic E-state index is 11.7. The molecule has 88 valence electrons. The first-order valence-corrected chi connectivity index (χ1v) is 5.62. The number of nitrogens with zero attached hydrogens (tertiary/aromatic N) is 1. The predicted octanol–water partition coefficient (Wildman–Crippen LogP) is 3.14. The van der Waals surface area contributed by atoms with Crippen LogP contribution in [-0.2, 0) is 0 Å². The molecule has 0 radical (unpaired) electrons. The van der Waals surface area contributed by atoms with Gasteiger partial charge in [0.2, 0.25) is 0 Å². The van der Waals surface area contributed by atoms with Gasteiger partial charge < -0.3 is 9.64 Å². The number of hydrogen-bond donors (Lipinski definition) is 0. The van der Waals surface area contributed by atoms with E-state index in [1.54, 1.807) is 4.90 Å². The van der Waals surface area contributed by atoms with Gasteiger partial charge in [0.05, 0.1) is 0 Å². The molecule has 3 heteroatoms. The summed E-state index contributed by atoms with van der Waals surface area (Å²) < 4.78 is 5.36. The van der Waals surface area contributed by atoms with E-state index in [0.717, 1.165) is 11.1 Å². The second-order valence-electron chi connectivity index (χ2n) is 3.81. The fraction of sp³-hybridized carbons (Fsp3) is 0.462. The van der Waals surface area contributed by atoms with Crippen LogP contribution < -0.4 is 4.74 Å². The number of carbonyl (C=O) groups excluding carboxylic acids is 1. The van der Waals surface area contributed by atoms with Crippen molar-refractivity contribution in [2.75, 3.05) is 13.1 Å². The zero-order valence-electron chi connectivity index (χ0n) is 10.4. The second kappa shape index (κ2) is 5.54. The molecule has 0 aromatic heterocycles. The molecule has 0 atom stereocenters. The molecule has 0 N–H and O–H groups in total. The average Bonchev–Trinajstić information content (AvgIpc) is 2.25. The molecule has 0 bridgehead atoms. The van der Waals surface area contributed by atoms with Crippen molar-refractivity contribution in [2.45, 2.75) is 27.7 Å². The summed E-state index contributed by atoms with van der Waals surface area (Å²) in [7, 11) is 0. The molecule has 0 unspecified atom stereocenters. The largest absolute Gasteiger partial charge is 0.415 e. The number of hydrogen-bond acceptors (Lipinski definition) is 2. The lowest BCUT2D eigenvalue weighted by molar-refractivity contribution is 0.157. The summed E-state index contributed by atoms with van der Waals surface area (Å²) in [5.74, 6) is 0.650. The highest BCUT2D eigenvalue weighted by Crippen LogP contribution is 2.19. The molecular weight excluding hydrogens is 202 g/mol. The topological polar surface area (TPSA) is 29.5 Å². The molecule has 0 spiro atoms. The standard InChI is InChI=1S/C13H19NO2/c1-5-14(6-2)13(15)16-12-9-10(3)7-8-11(12)4/h7-9H,5-6H2,1-4H3. The minimum Gasteiger partial charge on any atom is -0.410 e. The number of carbonyl (C=O) groups is 1. The van der Waals surface area contributed by atoms with E-state index >= 15 is 0 Å². The number of benzene rings is 1. The van der Waals surface area contributed by atoms with Gasteiger partial charge in [-0.25, -0.2) is 4.79 Å². The third-order valence-electron chi connectivity index (χ3n) is 2.56. The molecule has 3 nitrogen and oxygen atoms in total. The Bertz CT molecular complexity index is 370. The summed E-state index contributed by atoms with van der Waals surface area (Å²) in [5, 5.41) is 0. The lowest BCUT2D eigenvalue weighted by atomic mass is 10.1. The van der Waals surface area contributed by atoms with Crippen LogP contribution in [0.5, 0.6) is 5.75 Å². The quantitative estimate of drug-likeness (QED) is 0.784. The van der Waals surface area contributed by atoms with Crippen molar-refractivity contribution in [1.29, 1.82) is 0 Å². The van der Waals surface area contributed by atoms with Crippen molar-refractivity contribution in [3.63, 3.8) is 0 Å². The van der Waals surface area contributed by atoms with Gasteiger partial charge in [-0.2, -0.15) is 0 Å². The van der Waals surface area contributed by atoms with E-state index in [1.165, 1.54) is 0 Å². The van der Waals surface area contributed by atoms with Crippen molar-refractivity contribution in [1.82, 2.24) is 4.90 Å². The molecule has 0 fully saturated rings. The molecular formula is C13H19NO2. The molecule has 1 aromatic carbocycles. The lowest BCUT2D eigenvalue weighted by Gasteiger charge is -2.18. The Morgan fingerprint density at radius 3 is 2.44 bits per heavy atom. The van der Waals surface area contributed by atoms with Crippen LogP contribution in [0.2, 0.25) is 0 Å². The van der Waals surface area contributed by atoms with Gasteiger partial charge in [-0.3, -0.25) is 0 Å². The third-order valence-corrected chi connectivity index (χ3v) is 2.56. The zero-order chi connectivity index (χ0) is 12.1. The monoisotopic (exact) mass is 221 g/mol. The normalized spacial score (nSPS) is 10.0. The Morgan fingerprint density at radius 1 is 1.25 bits per heavy atom. The fourth-order valence-electron chi connectivity index (χ4n) is 1.46. The average molecular weight is 221 g/mol. The van der Waals surface area contributed by atoms with Crippen molar-refractivity contribution in [3.05, 3.63) is 29.3 Å². The van der Waals surface area contributed by atoms with Crippen LogP contribution in [-0.4, -0.2) is 24.1 Å². The van der Waals surface area contributed by atoms with Gasteiger partial charge in [-0.1, -0.05) is 12.1 Å². The van der Waals surface area contributed by atoms with Crippen molar-refractivity contribution < 1.29 is 9.53 Å². The van der Waals surface area contributed by atoms with Gasteiger partial charge >= 0.3 is 6.09 Å². The van der Waals surface area contributed by atoms with Gasteiger partial charge in [-0.15, -0.1) is 0 Å². The van der Waals surface area contributed by atoms with Gasteiger partial charge in [0.25, 0.3) is 0 Å². The van der Waals surface area contributed by atoms with E-state index in [9.17, 15) is 4.79 Å². The molecule has 0 aliphatic carbocycles. The van der Waals surface area contributed by atoms with Gasteiger partial charge in [0.1, 0.15) is 5.75 Å². The Morgan fingerprint density at radius 2 is 1.88 bits per heavy atom. The van der Waals surface area contributed by atoms with Crippen LogP contribution in [0.4, 0.5) is 4.79 Å². The molecule has 1 rings (SSSR count). The van der Waals surface area contributed by atoms with Crippen molar-refractivity contribution >= 4 is 6.09 Å².